The Kier molecular flexibility index (Phi) is 5.48. The predicted molar refractivity (Wildman–Crippen MR) is 86.1 cm³/mol. The smallest absolute Gasteiger partial charge is 0.122 e. The molecule has 2 aromatic rings. The van der Waals surface area contributed by atoms with Crippen LogP contribution in [-0.4, -0.2) is 16.8 Å². The number of phenols is 1. The topological polar surface area (TPSA) is 120 Å². The number of hydrogen-bond acceptors (Lipinski definition) is 3. The molecule has 0 heterocycles. The standard InChI is InChI=1S/C8H10N2O.C8H10N2/c1-5-4-6(8(9)10)2-3-7(5)11;1-6-3-2-4-7(5-6)8(9)10/h2-4,11H,1H3,(H3,9,10);2-5H,1H3,(H3,9,10). The molecule has 0 aromatic heterocycles. The zero-order chi connectivity index (χ0) is 16.0. The number of phenolic OH excluding ortho intramolecular Hbond substituents is 1. The Labute approximate surface area is 124 Å². The molecular formula is C16H20N4O. The van der Waals surface area contributed by atoms with Gasteiger partial charge in [-0.3, -0.25) is 10.8 Å². The molecule has 5 heteroatoms. The average Bonchev–Trinajstić information content (AvgIpc) is 2.42. The van der Waals surface area contributed by atoms with Crippen molar-refractivity contribution in [2.75, 3.05) is 0 Å². The van der Waals surface area contributed by atoms with Crippen LogP contribution in [0.3, 0.4) is 0 Å². The predicted octanol–water partition coefficient (Wildman–Crippen LogP) is 2.26. The fraction of sp³-hybridized carbons (Fsp3) is 0.125. The highest BCUT2D eigenvalue weighted by Gasteiger charge is 1.99. The molecule has 0 aliphatic rings. The summed E-state index contributed by atoms with van der Waals surface area (Å²) in [5.41, 5.74) is 13.8. The van der Waals surface area contributed by atoms with Crippen molar-refractivity contribution in [2.45, 2.75) is 13.8 Å². The molecule has 5 nitrogen and oxygen atoms in total. The van der Waals surface area contributed by atoms with Gasteiger partial charge in [-0.05, 0) is 43.7 Å². The fourth-order valence-electron chi connectivity index (χ4n) is 1.64. The summed E-state index contributed by atoms with van der Waals surface area (Å²) >= 11 is 0. The maximum Gasteiger partial charge on any atom is 0.122 e. The first kappa shape index (κ1) is 16.2. The summed E-state index contributed by atoms with van der Waals surface area (Å²) in [6.07, 6.45) is 0. The SMILES string of the molecule is Cc1cc(C(=N)N)ccc1O.Cc1cccc(C(=N)N)c1. The number of nitrogens with two attached hydrogens (primary N) is 2. The number of benzene rings is 2. The van der Waals surface area contributed by atoms with E-state index >= 15 is 0 Å². The summed E-state index contributed by atoms with van der Waals surface area (Å²) in [6, 6.07) is 12.4. The third-order valence-electron chi connectivity index (χ3n) is 2.84. The molecule has 0 saturated heterocycles. The number of nitrogens with one attached hydrogen (secondary N) is 2. The van der Waals surface area contributed by atoms with Crippen LogP contribution in [-0.2, 0) is 0 Å². The number of rotatable bonds is 2. The van der Waals surface area contributed by atoms with Crippen molar-refractivity contribution in [3.05, 3.63) is 64.7 Å². The van der Waals surface area contributed by atoms with Gasteiger partial charge in [-0.25, -0.2) is 0 Å². The average molecular weight is 284 g/mol. The second-order valence-electron chi connectivity index (χ2n) is 4.70. The van der Waals surface area contributed by atoms with E-state index in [-0.39, 0.29) is 17.4 Å². The second-order valence-corrected chi connectivity index (χ2v) is 4.70. The van der Waals surface area contributed by atoms with Crippen LogP contribution in [0.25, 0.3) is 0 Å². The highest BCUT2D eigenvalue weighted by molar-refractivity contribution is 5.95. The van der Waals surface area contributed by atoms with Gasteiger partial charge < -0.3 is 16.6 Å². The first-order chi connectivity index (χ1) is 9.81. The van der Waals surface area contributed by atoms with Gasteiger partial charge in [0, 0.05) is 11.1 Å². The molecule has 0 bridgehead atoms. The van der Waals surface area contributed by atoms with Crippen LogP contribution in [0.5, 0.6) is 5.75 Å². The van der Waals surface area contributed by atoms with Crippen LogP contribution in [0.1, 0.15) is 22.3 Å². The van der Waals surface area contributed by atoms with E-state index in [1.54, 1.807) is 19.1 Å². The summed E-state index contributed by atoms with van der Waals surface area (Å²) in [5.74, 6) is 0.381. The van der Waals surface area contributed by atoms with Gasteiger partial charge in [-0.15, -0.1) is 0 Å². The summed E-state index contributed by atoms with van der Waals surface area (Å²) in [7, 11) is 0. The summed E-state index contributed by atoms with van der Waals surface area (Å²) in [6.45, 7) is 3.74. The second kappa shape index (κ2) is 7.09. The van der Waals surface area contributed by atoms with E-state index in [1.165, 1.54) is 6.07 Å². The van der Waals surface area contributed by atoms with Crippen LogP contribution < -0.4 is 11.5 Å². The minimum absolute atomic E-state index is 0.0214. The first-order valence-corrected chi connectivity index (χ1v) is 6.36. The lowest BCUT2D eigenvalue weighted by Crippen LogP contribution is -2.10. The Morgan fingerprint density at radius 1 is 0.905 bits per heavy atom. The lowest BCUT2D eigenvalue weighted by Gasteiger charge is -2.01. The molecular weight excluding hydrogens is 264 g/mol. The molecule has 2 rings (SSSR count). The Balaban J connectivity index is 0.000000211. The van der Waals surface area contributed by atoms with Gasteiger partial charge in [0.1, 0.15) is 17.4 Å². The maximum absolute atomic E-state index is 9.11. The Hall–Kier alpha value is -2.82. The van der Waals surface area contributed by atoms with E-state index in [1.807, 2.05) is 31.2 Å². The van der Waals surface area contributed by atoms with E-state index in [9.17, 15) is 0 Å². The molecule has 21 heavy (non-hydrogen) atoms. The number of nitrogen functional groups attached to an aromatic ring is 2. The van der Waals surface area contributed by atoms with Crippen molar-refractivity contribution in [3.8, 4) is 5.75 Å². The number of amidine groups is 2. The normalized spacial score (nSPS) is 9.43. The highest BCUT2D eigenvalue weighted by Crippen LogP contribution is 2.16. The molecule has 7 N–H and O–H groups in total. The van der Waals surface area contributed by atoms with Crippen molar-refractivity contribution in [2.24, 2.45) is 11.5 Å². The monoisotopic (exact) mass is 284 g/mol. The Morgan fingerprint density at radius 3 is 1.90 bits per heavy atom. The zero-order valence-corrected chi connectivity index (χ0v) is 12.1. The number of hydrogen-bond donors (Lipinski definition) is 5. The van der Waals surface area contributed by atoms with Crippen molar-refractivity contribution in [1.82, 2.24) is 0 Å². The molecule has 0 saturated carbocycles. The van der Waals surface area contributed by atoms with E-state index in [0.29, 0.717) is 5.56 Å². The van der Waals surface area contributed by atoms with Gasteiger partial charge in [-0.1, -0.05) is 23.8 Å². The van der Waals surface area contributed by atoms with Crippen LogP contribution >= 0.6 is 0 Å². The summed E-state index contributed by atoms with van der Waals surface area (Å²) in [4.78, 5) is 0. The number of aromatic hydroxyl groups is 1. The van der Waals surface area contributed by atoms with Gasteiger partial charge >= 0.3 is 0 Å². The van der Waals surface area contributed by atoms with Gasteiger partial charge in [0.05, 0.1) is 0 Å². The molecule has 0 aliphatic heterocycles. The van der Waals surface area contributed by atoms with Gasteiger partial charge in [0.15, 0.2) is 0 Å². The number of aryl methyl sites for hydroxylation is 2. The lowest BCUT2D eigenvalue weighted by atomic mass is 10.1. The largest absolute Gasteiger partial charge is 0.508 e. The lowest BCUT2D eigenvalue weighted by molar-refractivity contribution is 0.471. The third kappa shape index (κ3) is 4.99. The molecule has 110 valence electrons. The minimum Gasteiger partial charge on any atom is -0.508 e. The van der Waals surface area contributed by atoms with E-state index in [2.05, 4.69) is 0 Å². The van der Waals surface area contributed by atoms with Crippen LogP contribution in [0.15, 0.2) is 42.5 Å². The molecule has 2 aromatic carbocycles. The maximum atomic E-state index is 9.11. The van der Waals surface area contributed by atoms with Crippen molar-refractivity contribution in [3.63, 3.8) is 0 Å². The van der Waals surface area contributed by atoms with Crippen molar-refractivity contribution < 1.29 is 5.11 Å². The zero-order valence-electron chi connectivity index (χ0n) is 12.1. The third-order valence-corrected chi connectivity index (χ3v) is 2.84. The summed E-state index contributed by atoms with van der Waals surface area (Å²) in [5, 5.41) is 23.3. The fourth-order valence-corrected chi connectivity index (χ4v) is 1.64. The molecule has 0 radical (unpaired) electrons. The minimum atomic E-state index is 0.0214. The van der Waals surface area contributed by atoms with Crippen LogP contribution in [0.4, 0.5) is 0 Å². The van der Waals surface area contributed by atoms with E-state index < -0.39 is 0 Å². The van der Waals surface area contributed by atoms with Gasteiger partial charge in [-0.2, -0.15) is 0 Å². The molecule has 0 aliphatic carbocycles. The highest BCUT2D eigenvalue weighted by atomic mass is 16.3. The first-order valence-electron chi connectivity index (χ1n) is 6.36. The van der Waals surface area contributed by atoms with E-state index in [0.717, 1.165) is 16.7 Å². The Bertz CT molecular complexity index is 665. The van der Waals surface area contributed by atoms with Crippen molar-refractivity contribution in [1.29, 1.82) is 10.8 Å². The van der Waals surface area contributed by atoms with E-state index in [4.69, 9.17) is 27.4 Å². The molecule has 0 fully saturated rings. The molecule has 0 amide bonds. The quantitative estimate of drug-likeness (QED) is 0.429. The van der Waals surface area contributed by atoms with Crippen LogP contribution in [0.2, 0.25) is 0 Å². The molecule has 0 atom stereocenters. The van der Waals surface area contributed by atoms with Crippen LogP contribution in [0, 0.1) is 24.7 Å². The Morgan fingerprint density at radius 2 is 1.48 bits per heavy atom. The molecule has 0 unspecified atom stereocenters. The van der Waals surface area contributed by atoms with Gasteiger partial charge in [0.2, 0.25) is 0 Å². The van der Waals surface area contributed by atoms with Gasteiger partial charge in [0.25, 0.3) is 0 Å². The van der Waals surface area contributed by atoms with Crippen molar-refractivity contribution >= 4 is 11.7 Å². The molecule has 0 spiro atoms. The summed E-state index contributed by atoms with van der Waals surface area (Å²) < 4.78 is 0.